The third kappa shape index (κ3) is 3.89. The van der Waals surface area contributed by atoms with Gasteiger partial charge in [0.15, 0.2) is 0 Å². The largest absolute Gasteiger partial charge is 0.310 e. The van der Waals surface area contributed by atoms with Gasteiger partial charge in [0.05, 0.1) is 0 Å². The normalized spacial score (nSPS) is 12.5. The van der Waals surface area contributed by atoms with Crippen molar-refractivity contribution in [3.05, 3.63) is 46.0 Å². The van der Waals surface area contributed by atoms with Crippen LogP contribution in [-0.2, 0) is 0 Å². The zero-order valence-corrected chi connectivity index (χ0v) is 12.3. The van der Waals surface area contributed by atoms with Crippen LogP contribution < -0.4 is 5.32 Å². The summed E-state index contributed by atoms with van der Waals surface area (Å²) in [5.41, 5.74) is 1.07. The molecular formula is C14H18BrF2N. The molecule has 1 N–H and O–H groups in total. The molecule has 0 saturated heterocycles. The van der Waals surface area contributed by atoms with Gasteiger partial charge in [0.25, 0.3) is 0 Å². The predicted molar refractivity (Wildman–Crippen MR) is 74.5 cm³/mol. The quantitative estimate of drug-likeness (QED) is 0.748. The highest BCUT2D eigenvalue weighted by Crippen LogP contribution is 2.29. The van der Waals surface area contributed by atoms with Crippen molar-refractivity contribution in [2.45, 2.75) is 32.7 Å². The first kappa shape index (κ1) is 15.3. The molecule has 0 aromatic heterocycles. The van der Waals surface area contributed by atoms with Gasteiger partial charge in [-0.1, -0.05) is 41.9 Å². The monoisotopic (exact) mass is 317 g/mol. The lowest BCUT2D eigenvalue weighted by molar-refractivity contribution is 0.469. The van der Waals surface area contributed by atoms with Gasteiger partial charge in [-0.2, -0.15) is 0 Å². The Morgan fingerprint density at radius 3 is 2.33 bits per heavy atom. The smallest absolute Gasteiger partial charge is 0.132 e. The van der Waals surface area contributed by atoms with Crippen LogP contribution in [0.25, 0.3) is 0 Å². The molecule has 0 amide bonds. The molecule has 0 radical (unpaired) electrons. The van der Waals surface area contributed by atoms with E-state index in [4.69, 9.17) is 0 Å². The Morgan fingerprint density at radius 2 is 1.89 bits per heavy atom. The van der Waals surface area contributed by atoms with Gasteiger partial charge in [-0.15, -0.1) is 0 Å². The molecule has 0 aliphatic carbocycles. The summed E-state index contributed by atoms with van der Waals surface area (Å²) >= 11 is 3.08. The minimum Gasteiger partial charge on any atom is -0.310 e. The van der Waals surface area contributed by atoms with Crippen LogP contribution in [0, 0.1) is 11.6 Å². The first-order chi connectivity index (χ1) is 8.49. The van der Waals surface area contributed by atoms with Crippen molar-refractivity contribution in [3.63, 3.8) is 0 Å². The maximum absolute atomic E-state index is 13.9. The summed E-state index contributed by atoms with van der Waals surface area (Å²) in [6, 6.07) is 2.21. The molecule has 0 spiro atoms. The molecule has 18 heavy (non-hydrogen) atoms. The fourth-order valence-corrected chi connectivity index (χ4v) is 2.24. The summed E-state index contributed by atoms with van der Waals surface area (Å²) in [4.78, 5) is 0. The van der Waals surface area contributed by atoms with Crippen molar-refractivity contribution in [3.8, 4) is 0 Å². The number of hydrogen-bond acceptors (Lipinski definition) is 1. The summed E-state index contributed by atoms with van der Waals surface area (Å²) in [6.45, 7) is 8.45. The molecule has 1 nitrogen and oxygen atoms in total. The van der Waals surface area contributed by atoms with Crippen molar-refractivity contribution >= 4 is 15.9 Å². The first-order valence-corrected chi connectivity index (χ1v) is 6.83. The SMILES string of the molecule is C=C(CC)CC(NCC)c1c(F)cc(Br)cc1F. The minimum absolute atomic E-state index is 0.0923. The van der Waals surface area contributed by atoms with E-state index in [0.29, 0.717) is 17.4 Å². The molecule has 1 rings (SSSR count). The summed E-state index contributed by atoms with van der Waals surface area (Å²) < 4.78 is 28.2. The summed E-state index contributed by atoms with van der Waals surface area (Å²) in [6.07, 6.45) is 1.35. The molecule has 0 bridgehead atoms. The Hall–Kier alpha value is -0.740. The van der Waals surface area contributed by atoms with Crippen LogP contribution in [-0.4, -0.2) is 6.54 Å². The maximum atomic E-state index is 13.9. The molecule has 1 atom stereocenters. The second kappa shape index (κ2) is 7.00. The molecule has 0 fully saturated rings. The standard InChI is InChI=1S/C14H18BrF2N/c1-4-9(3)6-13(18-5-2)14-11(16)7-10(15)8-12(14)17/h7-8,13,18H,3-6H2,1-2H3. The fourth-order valence-electron chi connectivity index (χ4n) is 1.84. The van der Waals surface area contributed by atoms with Gasteiger partial charge in [-0.3, -0.25) is 0 Å². The van der Waals surface area contributed by atoms with Crippen molar-refractivity contribution in [1.29, 1.82) is 0 Å². The third-order valence-corrected chi connectivity index (χ3v) is 3.29. The van der Waals surface area contributed by atoms with Crippen LogP contribution in [0.5, 0.6) is 0 Å². The highest BCUT2D eigenvalue weighted by Gasteiger charge is 2.20. The van der Waals surface area contributed by atoms with Crippen LogP contribution in [0.15, 0.2) is 28.8 Å². The topological polar surface area (TPSA) is 12.0 Å². The lowest BCUT2D eigenvalue weighted by atomic mass is 9.97. The number of hydrogen-bond donors (Lipinski definition) is 1. The van der Waals surface area contributed by atoms with E-state index in [1.54, 1.807) is 0 Å². The second-order valence-electron chi connectivity index (χ2n) is 4.20. The van der Waals surface area contributed by atoms with Gasteiger partial charge in [0, 0.05) is 16.1 Å². The van der Waals surface area contributed by atoms with Gasteiger partial charge >= 0.3 is 0 Å². The lowest BCUT2D eigenvalue weighted by Gasteiger charge is -2.20. The molecular weight excluding hydrogens is 300 g/mol. The Balaban J connectivity index is 3.09. The maximum Gasteiger partial charge on any atom is 0.132 e. The van der Waals surface area contributed by atoms with Gasteiger partial charge in [0.2, 0.25) is 0 Å². The highest BCUT2D eigenvalue weighted by atomic mass is 79.9. The molecule has 0 aliphatic heterocycles. The molecule has 4 heteroatoms. The van der Waals surface area contributed by atoms with E-state index in [2.05, 4.69) is 27.8 Å². The van der Waals surface area contributed by atoms with Gasteiger partial charge in [0.1, 0.15) is 11.6 Å². The van der Waals surface area contributed by atoms with Gasteiger partial charge in [-0.25, -0.2) is 8.78 Å². The van der Waals surface area contributed by atoms with Crippen LogP contribution in [0.1, 0.15) is 38.3 Å². The molecule has 0 aliphatic rings. The summed E-state index contributed by atoms with van der Waals surface area (Å²) in [5, 5.41) is 3.11. The van der Waals surface area contributed by atoms with Crippen LogP contribution in [0.3, 0.4) is 0 Å². The first-order valence-electron chi connectivity index (χ1n) is 6.04. The average Bonchev–Trinajstić information content (AvgIpc) is 2.27. The van der Waals surface area contributed by atoms with Crippen molar-refractivity contribution in [2.24, 2.45) is 0 Å². The fraction of sp³-hybridized carbons (Fsp3) is 0.429. The van der Waals surface area contributed by atoms with Crippen LogP contribution in [0.2, 0.25) is 0 Å². The zero-order valence-electron chi connectivity index (χ0n) is 10.7. The average molecular weight is 318 g/mol. The van der Waals surface area contributed by atoms with Crippen molar-refractivity contribution in [1.82, 2.24) is 5.32 Å². The number of rotatable bonds is 6. The summed E-state index contributed by atoms with van der Waals surface area (Å²) in [5.74, 6) is -1.06. The van der Waals surface area contributed by atoms with E-state index in [0.717, 1.165) is 12.0 Å². The van der Waals surface area contributed by atoms with E-state index in [-0.39, 0.29) is 11.6 Å². The molecule has 1 unspecified atom stereocenters. The van der Waals surface area contributed by atoms with Crippen molar-refractivity contribution in [2.75, 3.05) is 6.54 Å². The number of benzene rings is 1. The Morgan fingerprint density at radius 1 is 1.33 bits per heavy atom. The van der Waals surface area contributed by atoms with E-state index in [9.17, 15) is 8.78 Å². The van der Waals surface area contributed by atoms with E-state index < -0.39 is 11.6 Å². The minimum atomic E-state index is -0.531. The summed E-state index contributed by atoms with van der Waals surface area (Å²) in [7, 11) is 0. The van der Waals surface area contributed by atoms with Crippen LogP contribution in [0.4, 0.5) is 8.78 Å². The predicted octanol–water partition coefficient (Wildman–Crippen LogP) is 4.73. The second-order valence-corrected chi connectivity index (χ2v) is 5.12. The van der Waals surface area contributed by atoms with Gasteiger partial charge in [-0.05, 0) is 31.5 Å². The zero-order chi connectivity index (χ0) is 13.7. The van der Waals surface area contributed by atoms with E-state index >= 15 is 0 Å². The Labute approximate surface area is 115 Å². The lowest BCUT2D eigenvalue weighted by Crippen LogP contribution is -2.23. The molecule has 1 aromatic carbocycles. The Kier molecular flexibility index (Phi) is 5.96. The number of nitrogens with one attached hydrogen (secondary N) is 1. The highest BCUT2D eigenvalue weighted by molar-refractivity contribution is 9.10. The molecule has 100 valence electrons. The molecule has 0 saturated carbocycles. The molecule has 1 aromatic rings. The number of halogens is 3. The third-order valence-electron chi connectivity index (χ3n) is 2.84. The van der Waals surface area contributed by atoms with Crippen molar-refractivity contribution < 1.29 is 8.78 Å². The van der Waals surface area contributed by atoms with Gasteiger partial charge < -0.3 is 5.32 Å². The van der Waals surface area contributed by atoms with Crippen LogP contribution >= 0.6 is 15.9 Å². The Bertz CT molecular complexity index is 409. The molecule has 0 heterocycles. The van der Waals surface area contributed by atoms with E-state index in [1.807, 2.05) is 13.8 Å². The van der Waals surface area contributed by atoms with E-state index in [1.165, 1.54) is 12.1 Å².